The molecule has 0 bridgehead atoms. The third-order valence-corrected chi connectivity index (χ3v) is 4.37. The van der Waals surface area contributed by atoms with Crippen LogP contribution in [0.5, 0.6) is 0 Å². The Morgan fingerprint density at radius 1 is 1.16 bits per heavy atom. The van der Waals surface area contributed by atoms with Crippen molar-refractivity contribution in [3.8, 4) is 0 Å². The molecule has 0 aliphatic heterocycles. The Hall–Kier alpha value is -2.72. The van der Waals surface area contributed by atoms with Gasteiger partial charge in [-0.1, -0.05) is 35.9 Å². The molecule has 0 saturated heterocycles. The monoisotopic (exact) mass is 351 g/mol. The van der Waals surface area contributed by atoms with Crippen molar-refractivity contribution < 1.29 is 4.39 Å². The molecule has 1 unspecified atom stereocenters. The van der Waals surface area contributed by atoms with Gasteiger partial charge in [0.2, 0.25) is 0 Å². The van der Waals surface area contributed by atoms with Gasteiger partial charge in [0.05, 0.1) is 28.8 Å². The SMILES string of the molecule is FC1CC=C(Cl)C=C1c1cc(Nc2cccnc2)c2ccccc2n1. The van der Waals surface area contributed by atoms with E-state index in [0.29, 0.717) is 16.3 Å². The molecule has 4 rings (SSSR count). The summed E-state index contributed by atoms with van der Waals surface area (Å²) in [4.78, 5) is 8.76. The van der Waals surface area contributed by atoms with Gasteiger partial charge in [-0.25, -0.2) is 9.37 Å². The highest BCUT2D eigenvalue weighted by Gasteiger charge is 2.20. The lowest BCUT2D eigenvalue weighted by atomic mass is 9.98. The number of hydrogen-bond acceptors (Lipinski definition) is 3. The first-order chi connectivity index (χ1) is 12.2. The van der Waals surface area contributed by atoms with Gasteiger partial charge in [0.25, 0.3) is 0 Å². The number of halogens is 2. The number of benzene rings is 1. The number of nitrogens with one attached hydrogen (secondary N) is 1. The van der Waals surface area contributed by atoms with Crippen molar-refractivity contribution in [2.24, 2.45) is 0 Å². The van der Waals surface area contributed by atoms with Crippen molar-refractivity contribution in [1.29, 1.82) is 0 Å². The van der Waals surface area contributed by atoms with Crippen molar-refractivity contribution in [1.82, 2.24) is 9.97 Å². The summed E-state index contributed by atoms with van der Waals surface area (Å²) in [5.74, 6) is 0. The van der Waals surface area contributed by atoms with Crippen LogP contribution in [0.3, 0.4) is 0 Å². The van der Waals surface area contributed by atoms with Crippen LogP contribution < -0.4 is 5.32 Å². The summed E-state index contributed by atoms with van der Waals surface area (Å²) >= 11 is 6.08. The maximum Gasteiger partial charge on any atom is 0.131 e. The molecule has 3 aromatic rings. The van der Waals surface area contributed by atoms with Crippen molar-refractivity contribution in [2.75, 3.05) is 5.32 Å². The maximum absolute atomic E-state index is 14.4. The number of aromatic nitrogens is 2. The molecule has 1 aromatic carbocycles. The van der Waals surface area contributed by atoms with Crippen LogP contribution in [0, 0.1) is 0 Å². The topological polar surface area (TPSA) is 37.8 Å². The molecule has 2 heterocycles. The molecule has 3 nitrogen and oxygen atoms in total. The van der Waals surface area contributed by atoms with Gasteiger partial charge in [0, 0.05) is 28.6 Å². The van der Waals surface area contributed by atoms with Crippen LogP contribution in [-0.4, -0.2) is 16.1 Å². The second-order valence-corrected chi connectivity index (χ2v) is 6.27. The van der Waals surface area contributed by atoms with E-state index in [1.54, 1.807) is 24.5 Å². The van der Waals surface area contributed by atoms with Gasteiger partial charge in [-0.15, -0.1) is 0 Å². The highest BCUT2D eigenvalue weighted by Crippen LogP contribution is 2.34. The number of alkyl halides is 1. The zero-order valence-electron chi connectivity index (χ0n) is 13.3. The van der Waals surface area contributed by atoms with E-state index in [1.165, 1.54) is 0 Å². The Morgan fingerprint density at radius 3 is 2.88 bits per heavy atom. The molecule has 0 radical (unpaired) electrons. The standard InChI is InChI=1S/C20H15ClFN3/c21-13-7-8-17(22)16(10-13)20-11-19(24-14-4-3-9-23-12-14)15-5-1-2-6-18(15)25-20/h1-7,9-12,17H,8H2,(H,24,25). The molecule has 0 fully saturated rings. The second kappa shape index (κ2) is 6.65. The van der Waals surface area contributed by atoms with E-state index in [-0.39, 0.29) is 6.42 Å². The molecule has 0 amide bonds. The van der Waals surface area contributed by atoms with Gasteiger partial charge < -0.3 is 5.32 Å². The molecule has 1 N–H and O–H groups in total. The quantitative estimate of drug-likeness (QED) is 0.665. The summed E-state index contributed by atoms with van der Waals surface area (Å²) in [6.07, 6.45) is 5.96. The Labute approximate surface area is 149 Å². The van der Waals surface area contributed by atoms with Crippen molar-refractivity contribution >= 4 is 39.5 Å². The Morgan fingerprint density at radius 2 is 2.04 bits per heavy atom. The summed E-state index contributed by atoms with van der Waals surface area (Å²) in [6, 6.07) is 13.4. The number of allylic oxidation sites excluding steroid dienone is 4. The molecular weight excluding hydrogens is 337 g/mol. The predicted octanol–water partition coefficient (Wildman–Crippen LogP) is 5.62. The fraction of sp³-hybridized carbons (Fsp3) is 0.100. The average Bonchev–Trinajstić information content (AvgIpc) is 2.64. The summed E-state index contributed by atoms with van der Waals surface area (Å²) in [5.41, 5.74) is 3.60. The number of anilines is 2. The van der Waals surface area contributed by atoms with Crippen LogP contribution in [0.2, 0.25) is 0 Å². The smallest absolute Gasteiger partial charge is 0.131 e. The van der Waals surface area contributed by atoms with Crippen molar-refractivity contribution in [3.63, 3.8) is 0 Å². The van der Waals surface area contributed by atoms with E-state index in [2.05, 4.69) is 15.3 Å². The molecule has 1 aliphatic carbocycles. The molecule has 5 heteroatoms. The fourth-order valence-corrected chi connectivity index (χ4v) is 3.10. The number of rotatable bonds is 3. The summed E-state index contributed by atoms with van der Waals surface area (Å²) in [5, 5.41) is 4.86. The molecule has 1 atom stereocenters. The molecule has 0 spiro atoms. The van der Waals surface area contributed by atoms with Gasteiger partial charge >= 0.3 is 0 Å². The van der Waals surface area contributed by atoms with Crippen LogP contribution in [0.25, 0.3) is 16.5 Å². The third kappa shape index (κ3) is 3.26. The van der Waals surface area contributed by atoms with E-state index in [0.717, 1.165) is 22.3 Å². The fourth-order valence-electron chi connectivity index (χ4n) is 2.89. The minimum atomic E-state index is -1.11. The molecule has 25 heavy (non-hydrogen) atoms. The van der Waals surface area contributed by atoms with Gasteiger partial charge in [-0.3, -0.25) is 4.98 Å². The van der Waals surface area contributed by atoms with Gasteiger partial charge in [0.1, 0.15) is 6.17 Å². The zero-order chi connectivity index (χ0) is 17.2. The lowest BCUT2D eigenvalue weighted by Gasteiger charge is -2.17. The second-order valence-electron chi connectivity index (χ2n) is 5.83. The summed E-state index contributed by atoms with van der Waals surface area (Å²) in [7, 11) is 0. The molecule has 124 valence electrons. The maximum atomic E-state index is 14.4. The van der Waals surface area contributed by atoms with Gasteiger partial charge in [-0.2, -0.15) is 0 Å². The molecular formula is C20H15ClFN3. The van der Waals surface area contributed by atoms with Gasteiger partial charge in [-0.05, 0) is 30.3 Å². The van der Waals surface area contributed by atoms with E-state index in [4.69, 9.17) is 11.6 Å². The highest BCUT2D eigenvalue weighted by atomic mass is 35.5. The van der Waals surface area contributed by atoms with Crippen molar-refractivity contribution in [3.05, 3.63) is 77.7 Å². The molecule has 2 aromatic heterocycles. The number of nitrogens with zero attached hydrogens (tertiary/aromatic N) is 2. The number of para-hydroxylation sites is 1. The lowest BCUT2D eigenvalue weighted by Crippen LogP contribution is -2.08. The third-order valence-electron chi connectivity index (χ3n) is 4.10. The van der Waals surface area contributed by atoms with Crippen LogP contribution in [0.1, 0.15) is 12.1 Å². The van der Waals surface area contributed by atoms with Gasteiger partial charge in [0.15, 0.2) is 0 Å². The first-order valence-electron chi connectivity index (χ1n) is 7.99. The zero-order valence-corrected chi connectivity index (χ0v) is 14.0. The number of hydrogen-bond donors (Lipinski definition) is 1. The highest BCUT2D eigenvalue weighted by molar-refractivity contribution is 6.31. The first-order valence-corrected chi connectivity index (χ1v) is 8.37. The van der Waals surface area contributed by atoms with Crippen LogP contribution in [-0.2, 0) is 0 Å². The van der Waals surface area contributed by atoms with E-state index >= 15 is 0 Å². The first kappa shape index (κ1) is 15.8. The number of fused-ring (bicyclic) bond motifs is 1. The summed E-state index contributed by atoms with van der Waals surface area (Å²) in [6.45, 7) is 0. The van der Waals surface area contributed by atoms with Crippen molar-refractivity contribution in [2.45, 2.75) is 12.6 Å². The Bertz CT molecular complexity index is 983. The summed E-state index contributed by atoms with van der Waals surface area (Å²) < 4.78 is 14.4. The minimum Gasteiger partial charge on any atom is -0.354 e. The Kier molecular flexibility index (Phi) is 4.20. The van der Waals surface area contributed by atoms with E-state index < -0.39 is 6.17 Å². The van der Waals surface area contributed by atoms with Crippen LogP contribution in [0.4, 0.5) is 15.8 Å². The molecule has 1 aliphatic rings. The largest absolute Gasteiger partial charge is 0.354 e. The normalized spacial score (nSPS) is 17.1. The van der Waals surface area contributed by atoms with Crippen LogP contribution in [0.15, 0.2) is 72.0 Å². The predicted molar refractivity (Wildman–Crippen MR) is 101 cm³/mol. The van der Waals surface area contributed by atoms with Crippen LogP contribution >= 0.6 is 11.6 Å². The Balaban J connectivity index is 1.85. The number of pyridine rings is 2. The van der Waals surface area contributed by atoms with E-state index in [1.807, 2.05) is 42.5 Å². The minimum absolute atomic E-state index is 0.268. The lowest BCUT2D eigenvalue weighted by molar-refractivity contribution is 0.413. The molecule has 0 saturated carbocycles. The van der Waals surface area contributed by atoms with E-state index in [9.17, 15) is 4.39 Å². The average molecular weight is 352 g/mol.